The van der Waals surface area contributed by atoms with E-state index in [-0.39, 0.29) is 19.1 Å². The molecule has 1 aromatic rings. The maximum atomic E-state index is 11.3. The van der Waals surface area contributed by atoms with Gasteiger partial charge in [0, 0.05) is 18.8 Å². The fraction of sp³-hybridized carbons (Fsp3) is 0.417. The van der Waals surface area contributed by atoms with Gasteiger partial charge < -0.3 is 15.7 Å². The Morgan fingerprint density at radius 1 is 1.19 bits per heavy atom. The lowest BCUT2D eigenvalue weighted by molar-refractivity contribution is -0.119. The van der Waals surface area contributed by atoms with E-state index >= 15 is 0 Å². The number of hydrogen-bond donors (Lipinski definition) is 3. The fourth-order valence-corrected chi connectivity index (χ4v) is 1.27. The zero-order valence-electron chi connectivity index (χ0n) is 9.28. The Labute approximate surface area is 95.7 Å². The molecular formula is C12H18N2O2. The van der Waals surface area contributed by atoms with E-state index in [1.165, 1.54) is 0 Å². The number of hydrogen-bond acceptors (Lipinski definition) is 3. The number of carbonyl (C=O) groups excluding carboxylic acids is 1. The van der Waals surface area contributed by atoms with Crippen molar-refractivity contribution in [3.8, 4) is 0 Å². The lowest BCUT2D eigenvalue weighted by Crippen LogP contribution is -2.30. The molecule has 0 bridgehead atoms. The maximum absolute atomic E-state index is 11.3. The molecule has 0 atom stereocenters. The van der Waals surface area contributed by atoms with Crippen LogP contribution in [0, 0.1) is 0 Å². The molecule has 4 nitrogen and oxygen atoms in total. The average Bonchev–Trinajstić information content (AvgIpc) is 2.33. The Kier molecular flexibility index (Phi) is 6.03. The number of carbonyl (C=O) groups is 1. The van der Waals surface area contributed by atoms with Crippen LogP contribution < -0.4 is 10.6 Å². The first-order chi connectivity index (χ1) is 7.83. The summed E-state index contributed by atoms with van der Waals surface area (Å²) in [7, 11) is 0. The number of nitrogens with one attached hydrogen (secondary N) is 2. The van der Waals surface area contributed by atoms with E-state index in [9.17, 15) is 4.79 Å². The van der Waals surface area contributed by atoms with Crippen LogP contribution in [0.2, 0.25) is 0 Å². The summed E-state index contributed by atoms with van der Waals surface area (Å²) in [5, 5.41) is 14.4. The molecule has 3 N–H and O–H groups in total. The highest BCUT2D eigenvalue weighted by Gasteiger charge is 1.99. The quantitative estimate of drug-likeness (QED) is 0.603. The van der Waals surface area contributed by atoms with Gasteiger partial charge in [0.25, 0.3) is 0 Å². The van der Waals surface area contributed by atoms with E-state index in [1.54, 1.807) is 0 Å². The van der Waals surface area contributed by atoms with E-state index < -0.39 is 0 Å². The van der Waals surface area contributed by atoms with Crippen LogP contribution in [0.3, 0.4) is 0 Å². The van der Waals surface area contributed by atoms with Gasteiger partial charge in [-0.05, 0) is 25.0 Å². The minimum absolute atomic E-state index is 0.0261. The molecule has 1 aromatic carbocycles. The zero-order chi connectivity index (χ0) is 11.6. The molecule has 0 fully saturated rings. The molecule has 0 unspecified atom stereocenters. The molecule has 1 amide bonds. The molecule has 0 aliphatic carbocycles. The first-order valence-corrected chi connectivity index (χ1v) is 5.49. The van der Waals surface area contributed by atoms with Gasteiger partial charge in [0.15, 0.2) is 0 Å². The smallest absolute Gasteiger partial charge is 0.239 e. The summed E-state index contributed by atoms with van der Waals surface area (Å²) in [5.41, 5.74) is 0.938. The zero-order valence-corrected chi connectivity index (χ0v) is 9.28. The summed E-state index contributed by atoms with van der Waals surface area (Å²) in [6.07, 6.45) is 1.54. The molecule has 16 heavy (non-hydrogen) atoms. The number of unbranched alkanes of at least 4 members (excludes halogenated alkanes) is 1. The molecule has 0 aliphatic rings. The topological polar surface area (TPSA) is 61.4 Å². The van der Waals surface area contributed by atoms with Crippen molar-refractivity contribution in [1.29, 1.82) is 0 Å². The monoisotopic (exact) mass is 222 g/mol. The number of amides is 1. The van der Waals surface area contributed by atoms with Crippen molar-refractivity contribution in [2.45, 2.75) is 12.8 Å². The van der Waals surface area contributed by atoms with Gasteiger partial charge in [0.2, 0.25) is 5.91 Å². The van der Waals surface area contributed by atoms with Crippen LogP contribution >= 0.6 is 0 Å². The fourth-order valence-electron chi connectivity index (χ4n) is 1.27. The van der Waals surface area contributed by atoms with Gasteiger partial charge in [-0.25, -0.2) is 0 Å². The Morgan fingerprint density at radius 3 is 2.62 bits per heavy atom. The van der Waals surface area contributed by atoms with Crippen molar-refractivity contribution >= 4 is 11.6 Å². The van der Waals surface area contributed by atoms with Gasteiger partial charge >= 0.3 is 0 Å². The molecule has 1 rings (SSSR count). The number of aliphatic hydroxyl groups excluding tert-OH is 1. The van der Waals surface area contributed by atoms with Crippen LogP contribution in [-0.2, 0) is 4.79 Å². The van der Waals surface area contributed by atoms with Crippen molar-refractivity contribution < 1.29 is 9.90 Å². The van der Waals surface area contributed by atoms with Gasteiger partial charge in [-0.3, -0.25) is 4.79 Å². The Morgan fingerprint density at radius 2 is 1.94 bits per heavy atom. The molecule has 88 valence electrons. The van der Waals surface area contributed by atoms with Crippen molar-refractivity contribution in [1.82, 2.24) is 5.32 Å². The summed E-state index contributed by atoms with van der Waals surface area (Å²) in [4.78, 5) is 11.3. The van der Waals surface area contributed by atoms with Gasteiger partial charge in [-0.15, -0.1) is 0 Å². The number of aliphatic hydroxyl groups is 1. The molecule has 0 heterocycles. The van der Waals surface area contributed by atoms with Crippen LogP contribution in [0.15, 0.2) is 30.3 Å². The summed E-state index contributed by atoms with van der Waals surface area (Å²) in [6.45, 7) is 1.08. The second-order valence-corrected chi connectivity index (χ2v) is 3.50. The minimum Gasteiger partial charge on any atom is -0.396 e. The third-order valence-corrected chi connectivity index (χ3v) is 2.13. The van der Waals surface area contributed by atoms with E-state index in [4.69, 9.17) is 5.11 Å². The molecule has 0 aromatic heterocycles. The summed E-state index contributed by atoms with van der Waals surface area (Å²) < 4.78 is 0. The Hall–Kier alpha value is -1.55. The second kappa shape index (κ2) is 7.70. The molecule has 0 aliphatic heterocycles. The highest BCUT2D eigenvalue weighted by Crippen LogP contribution is 2.03. The maximum Gasteiger partial charge on any atom is 0.239 e. The largest absolute Gasteiger partial charge is 0.396 e. The van der Waals surface area contributed by atoms with Crippen molar-refractivity contribution in [2.24, 2.45) is 0 Å². The standard InChI is InChI=1S/C12H18N2O2/c15-9-5-4-8-13-12(16)10-14-11-6-2-1-3-7-11/h1-3,6-7,14-15H,4-5,8-10H2,(H,13,16). The lowest BCUT2D eigenvalue weighted by atomic mass is 10.3. The van der Waals surface area contributed by atoms with Gasteiger partial charge in [0.1, 0.15) is 0 Å². The van der Waals surface area contributed by atoms with E-state index in [1.807, 2.05) is 30.3 Å². The predicted octanol–water partition coefficient (Wildman–Crippen LogP) is 0.987. The van der Waals surface area contributed by atoms with Crippen molar-refractivity contribution in [3.05, 3.63) is 30.3 Å². The summed E-state index contributed by atoms with van der Waals surface area (Å²) >= 11 is 0. The van der Waals surface area contributed by atoms with Crippen LogP contribution in [0.25, 0.3) is 0 Å². The molecule has 0 saturated heterocycles. The summed E-state index contributed by atoms with van der Waals surface area (Å²) in [6, 6.07) is 9.60. The lowest BCUT2D eigenvalue weighted by Gasteiger charge is -2.07. The van der Waals surface area contributed by atoms with Crippen LogP contribution in [0.4, 0.5) is 5.69 Å². The predicted molar refractivity (Wildman–Crippen MR) is 64.3 cm³/mol. The highest BCUT2D eigenvalue weighted by molar-refractivity contribution is 5.80. The first-order valence-electron chi connectivity index (χ1n) is 5.49. The molecule has 0 saturated carbocycles. The van der Waals surface area contributed by atoms with Crippen molar-refractivity contribution in [3.63, 3.8) is 0 Å². The van der Waals surface area contributed by atoms with Gasteiger partial charge in [-0.2, -0.15) is 0 Å². The minimum atomic E-state index is -0.0261. The SMILES string of the molecule is O=C(CNc1ccccc1)NCCCCO. The van der Waals surface area contributed by atoms with Crippen LogP contribution in [0.1, 0.15) is 12.8 Å². The van der Waals surface area contributed by atoms with Crippen LogP contribution in [0.5, 0.6) is 0 Å². The third kappa shape index (κ3) is 5.36. The number of rotatable bonds is 7. The summed E-state index contributed by atoms with van der Waals surface area (Å²) in [5.74, 6) is -0.0261. The highest BCUT2D eigenvalue weighted by atomic mass is 16.2. The van der Waals surface area contributed by atoms with Gasteiger partial charge in [0.05, 0.1) is 6.54 Å². The normalized spacial score (nSPS) is 9.81. The molecule has 0 spiro atoms. The molecular weight excluding hydrogens is 204 g/mol. The van der Waals surface area contributed by atoms with E-state index in [0.717, 1.165) is 18.5 Å². The molecule has 0 radical (unpaired) electrons. The average molecular weight is 222 g/mol. The Balaban J connectivity index is 2.11. The second-order valence-electron chi connectivity index (χ2n) is 3.50. The number of benzene rings is 1. The van der Waals surface area contributed by atoms with E-state index in [0.29, 0.717) is 6.54 Å². The first kappa shape index (κ1) is 12.5. The van der Waals surface area contributed by atoms with Gasteiger partial charge in [-0.1, -0.05) is 18.2 Å². The molecule has 4 heteroatoms. The van der Waals surface area contributed by atoms with Crippen LogP contribution in [-0.4, -0.2) is 30.7 Å². The number of para-hydroxylation sites is 1. The third-order valence-electron chi connectivity index (χ3n) is 2.13. The van der Waals surface area contributed by atoms with E-state index in [2.05, 4.69) is 10.6 Å². The number of anilines is 1. The Bertz CT molecular complexity index is 301. The van der Waals surface area contributed by atoms with Crippen molar-refractivity contribution in [2.75, 3.05) is 25.0 Å².